The van der Waals surface area contributed by atoms with Gasteiger partial charge in [-0.05, 0) is 61.1 Å². The number of carboxylic acids is 1. The Morgan fingerprint density at radius 1 is 1.12 bits per heavy atom. The first-order chi connectivity index (χ1) is 18.7. The number of likely N-dealkylation sites (tertiary alicyclic amines) is 1. The van der Waals surface area contributed by atoms with Gasteiger partial charge in [-0.25, -0.2) is 9.78 Å². The van der Waals surface area contributed by atoms with Gasteiger partial charge in [0.15, 0.2) is 0 Å². The van der Waals surface area contributed by atoms with Gasteiger partial charge in [0.05, 0.1) is 31.9 Å². The lowest BCUT2D eigenvalue weighted by atomic mass is 9.90. The fourth-order valence-electron chi connectivity index (χ4n) is 4.67. The quantitative estimate of drug-likeness (QED) is 0.314. The number of carbonyl (C=O) groups is 2. The van der Waals surface area contributed by atoms with E-state index in [-0.39, 0.29) is 25.8 Å². The average molecular weight is 553 g/mol. The number of aliphatic carboxylic acids is 1. The first kappa shape index (κ1) is 30.5. The summed E-state index contributed by atoms with van der Waals surface area (Å²) in [7, 11) is 1.62. The lowest BCUT2D eigenvalue weighted by molar-refractivity contribution is -0.142. The summed E-state index contributed by atoms with van der Waals surface area (Å²) in [5.74, 6) is 1.27. The molecule has 3 aromatic rings. The summed E-state index contributed by atoms with van der Waals surface area (Å²) in [6, 6.07) is 15.2. The van der Waals surface area contributed by atoms with Crippen LogP contribution in [0.5, 0.6) is 11.5 Å². The first-order valence-corrected chi connectivity index (χ1v) is 13.2. The van der Waals surface area contributed by atoms with Crippen LogP contribution in [0.15, 0.2) is 52.9 Å². The standard InChI is InChI=1S/C30H36N2O7.CH4/c1-19(2)18-38-30(35)32-16-23(26(17-32)29(33)34)14-21-8-10-24(11-9-21)37-13-12-27-20(3)39-28(31-27)22-6-5-7-25(15-22)36-4;/h5-11,15,19,23,26H,12-14,16-18H2,1-4H3,(H,33,34);1H4/t23-,26+;/m1./s1. The molecule has 0 bridgehead atoms. The smallest absolute Gasteiger partial charge is 0.409 e. The molecule has 0 spiro atoms. The molecule has 0 radical (unpaired) electrons. The van der Waals surface area contributed by atoms with Gasteiger partial charge in [-0.1, -0.05) is 39.5 Å². The van der Waals surface area contributed by atoms with Crippen molar-refractivity contribution in [1.82, 2.24) is 9.88 Å². The lowest BCUT2D eigenvalue weighted by Crippen LogP contribution is -2.31. The van der Waals surface area contributed by atoms with E-state index in [4.69, 9.17) is 18.6 Å². The number of amides is 1. The van der Waals surface area contributed by atoms with Gasteiger partial charge in [0, 0.05) is 25.1 Å². The van der Waals surface area contributed by atoms with E-state index in [9.17, 15) is 14.7 Å². The maximum Gasteiger partial charge on any atom is 0.409 e. The maximum atomic E-state index is 12.4. The monoisotopic (exact) mass is 552 g/mol. The largest absolute Gasteiger partial charge is 0.497 e. The second-order valence-corrected chi connectivity index (χ2v) is 10.3. The summed E-state index contributed by atoms with van der Waals surface area (Å²) in [5.41, 5.74) is 2.68. The molecular weight excluding hydrogens is 512 g/mol. The van der Waals surface area contributed by atoms with Crippen LogP contribution < -0.4 is 9.47 Å². The molecule has 1 fully saturated rings. The number of carboxylic acid groups (broad SMARTS) is 1. The van der Waals surface area contributed by atoms with Gasteiger partial charge < -0.3 is 28.6 Å². The van der Waals surface area contributed by atoms with E-state index >= 15 is 0 Å². The Hall–Kier alpha value is -4.01. The number of ether oxygens (including phenoxy) is 3. The zero-order valence-corrected chi connectivity index (χ0v) is 22.9. The molecule has 0 unspecified atom stereocenters. The van der Waals surface area contributed by atoms with Gasteiger partial charge >= 0.3 is 12.1 Å². The third-order valence-electron chi connectivity index (χ3n) is 6.79. The molecule has 0 saturated carbocycles. The molecule has 1 aliphatic rings. The van der Waals surface area contributed by atoms with Gasteiger partial charge in [0.2, 0.25) is 5.89 Å². The number of benzene rings is 2. The van der Waals surface area contributed by atoms with Crippen molar-refractivity contribution < 1.29 is 33.3 Å². The predicted octanol–water partition coefficient (Wildman–Crippen LogP) is 5.88. The van der Waals surface area contributed by atoms with Crippen LogP contribution in [-0.4, -0.2) is 60.5 Å². The van der Waals surface area contributed by atoms with Crippen LogP contribution in [-0.2, 0) is 22.4 Å². The van der Waals surface area contributed by atoms with Crippen LogP contribution in [0.25, 0.3) is 11.5 Å². The number of aryl methyl sites for hydroxylation is 1. The molecule has 9 heteroatoms. The minimum Gasteiger partial charge on any atom is -0.497 e. The zero-order chi connectivity index (χ0) is 27.9. The molecule has 1 aliphatic heterocycles. The van der Waals surface area contributed by atoms with E-state index < -0.39 is 18.0 Å². The Balaban J connectivity index is 0.00000441. The summed E-state index contributed by atoms with van der Waals surface area (Å²) in [4.78, 5) is 30.3. The van der Waals surface area contributed by atoms with Crippen molar-refractivity contribution in [3.63, 3.8) is 0 Å². The molecule has 0 aliphatic carbocycles. The molecule has 2 heterocycles. The summed E-state index contributed by atoms with van der Waals surface area (Å²) < 4.78 is 22.4. The van der Waals surface area contributed by atoms with Gasteiger partial charge in [-0.3, -0.25) is 4.79 Å². The molecule has 4 rings (SSSR count). The van der Waals surface area contributed by atoms with Crippen LogP contribution in [0, 0.1) is 24.7 Å². The highest BCUT2D eigenvalue weighted by molar-refractivity contribution is 5.74. The van der Waals surface area contributed by atoms with Crippen molar-refractivity contribution in [1.29, 1.82) is 0 Å². The van der Waals surface area contributed by atoms with Crippen LogP contribution in [0.2, 0.25) is 0 Å². The molecule has 40 heavy (non-hydrogen) atoms. The molecule has 1 aromatic heterocycles. The summed E-state index contributed by atoms with van der Waals surface area (Å²) in [6.45, 7) is 7.09. The molecule has 1 saturated heterocycles. The Kier molecular flexibility index (Phi) is 10.6. The van der Waals surface area contributed by atoms with Crippen LogP contribution in [0.4, 0.5) is 4.79 Å². The van der Waals surface area contributed by atoms with Crippen molar-refractivity contribution in [2.45, 2.75) is 41.0 Å². The average Bonchev–Trinajstić information content (AvgIpc) is 3.52. The number of nitrogens with zero attached hydrogens (tertiary/aromatic N) is 2. The van der Waals surface area contributed by atoms with Crippen molar-refractivity contribution >= 4 is 12.1 Å². The molecule has 2 atom stereocenters. The fourth-order valence-corrected chi connectivity index (χ4v) is 4.67. The minimum atomic E-state index is -0.892. The summed E-state index contributed by atoms with van der Waals surface area (Å²) in [6.07, 6.45) is 0.696. The van der Waals surface area contributed by atoms with E-state index in [1.54, 1.807) is 7.11 Å². The number of hydrogen-bond donors (Lipinski definition) is 1. The number of aromatic nitrogens is 1. The summed E-state index contributed by atoms with van der Waals surface area (Å²) >= 11 is 0. The third kappa shape index (κ3) is 7.77. The van der Waals surface area contributed by atoms with Crippen molar-refractivity contribution in [2.75, 3.05) is 33.4 Å². The second kappa shape index (κ2) is 13.9. The molecule has 216 valence electrons. The van der Waals surface area contributed by atoms with Crippen molar-refractivity contribution in [2.24, 2.45) is 17.8 Å². The Labute approximate surface area is 236 Å². The normalized spacial score (nSPS) is 16.5. The Morgan fingerprint density at radius 2 is 1.88 bits per heavy atom. The molecule has 1 amide bonds. The van der Waals surface area contributed by atoms with E-state index in [0.717, 1.165) is 28.3 Å². The Morgan fingerprint density at radius 3 is 2.55 bits per heavy atom. The molecule has 9 nitrogen and oxygen atoms in total. The van der Waals surface area contributed by atoms with E-state index in [1.165, 1.54) is 4.90 Å². The van der Waals surface area contributed by atoms with Gasteiger partial charge in [-0.2, -0.15) is 0 Å². The number of methoxy groups -OCH3 is 1. The highest BCUT2D eigenvalue weighted by Gasteiger charge is 2.40. The van der Waals surface area contributed by atoms with Gasteiger partial charge in [0.25, 0.3) is 0 Å². The fraction of sp³-hybridized carbons (Fsp3) is 0.452. The predicted molar refractivity (Wildman–Crippen MR) is 152 cm³/mol. The minimum absolute atomic E-state index is 0. The van der Waals surface area contributed by atoms with Crippen molar-refractivity contribution in [3.8, 4) is 23.0 Å². The number of oxazole rings is 1. The Bertz CT molecular complexity index is 1270. The summed E-state index contributed by atoms with van der Waals surface area (Å²) in [5, 5.41) is 9.71. The van der Waals surface area contributed by atoms with Crippen molar-refractivity contribution in [3.05, 3.63) is 65.5 Å². The molecular formula is C31H40N2O7. The van der Waals surface area contributed by atoms with Gasteiger partial charge in [0.1, 0.15) is 17.3 Å². The third-order valence-corrected chi connectivity index (χ3v) is 6.79. The molecule has 1 N–H and O–H groups in total. The van der Waals surface area contributed by atoms with E-state index in [1.807, 2.05) is 69.3 Å². The van der Waals surface area contributed by atoms with Gasteiger partial charge in [-0.15, -0.1) is 0 Å². The zero-order valence-electron chi connectivity index (χ0n) is 22.9. The van der Waals surface area contributed by atoms with Crippen LogP contribution in [0.3, 0.4) is 0 Å². The van der Waals surface area contributed by atoms with E-state index in [0.29, 0.717) is 44.2 Å². The number of carbonyl (C=O) groups excluding carboxylic acids is 1. The molecule has 2 aromatic carbocycles. The van der Waals surface area contributed by atoms with Crippen LogP contribution in [0.1, 0.15) is 38.3 Å². The van der Waals surface area contributed by atoms with E-state index in [2.05, 4.69) is 4.98 Å². The first-order valence-electron chi connectivity index (χ1n) is 13.2. The topological polar surface area (TPSA) is 111 Å². The highest BCUT2D eigenvalue weighted by Crippen LogP contribution is 2.29. The highest BCUT2D eigenvalue weighted by atomic mass is 16.6. The maximum absolute atomic E-state index is 12.4. The lowest BCUT2D eigenvalue weighted by Gasteiger charge is -2.17. The number of hydrogen-bond acceptors (Lipinski definition) is 7. The SMILES string of the molecule is C.COc1cccc(-c2nc(CCOc3ccc(C[C@@H]4CN(C(=O)OCC(C)C)C[C@@H]4C(=O)O)cc3)c(C)o2)c1. The second-order valence-electron chi connectivity index (χ2n) is 10.3. The van der Waals surface area contributed by atoms with Crippen LogP contribution >= 0.6 is 0 Å². The number of rotatable bonds is 11.